The Balaban J connectivity index is 0.000000115. The molecule has 147 heavy (non-hydrogen) atoms. The molecule has 0 radical (unpaired) electrons. The maximum atomic E-state index is 16.0. The third-order valence-electron chi connectivity index (χ3n) is 28.6. The minimum atomic E-state index is -3.40. The van der Waals surface area contributed by atoms with Crippen molar-refractivity contribution in [2.24, 2.45) is 0 Å². The minimum Gasteiger partial charge on any atom is -0.309 e. The SMILES string of the molecule is O=P(c1ccccc1)(c1ccccc1)c1ccc2c(c1)c1ccccc1c1nc3c(P(=O)(c4ccccc4)c4ccccc4)cccc3n21.O=P(c1ccccc1)(c1ccccc1)c1ccc2c3ccccc3c3nc4c(P(=O)(c5ccccc5)c5ccccc5)cccc4n3c2c1.O=P(c1ccccc1)(c1ccccc1)c1cccc2c1nc1c3ccccc3c3cccc(P(=O)(c4ccccc4)c4ccccc4)c3n21. The summed E-state index contributed by atoms with van der Waals surface area (Å²) >= 11 is 0. The van der Waals surface area contributed by atoms with Gasteiger partial charge in [-0.2, -0.15) is 0 Å². The standard InChI is InChI=1S/3C43H30N2O2P2/c46-48(31-17-5-1-6-18-31,32-19-7-2-8-20-32)39-29-16-28-38-41(39)44-43-37-26-14-13-25-35(37)36-27-15-30-40(42(36)45(38)43)49(47,33-21-9-3-10-22-33)34-23-11-4-12-24-34;46-48(31-16-5-1-6-17-31,32-18-7-2-8-19-32)35-28-29-37-36-24-13-14-25-38(36)43-44-42-39(45(43)40(37)30-35)26-15-27-41(42)49(47,33-20-9-3-10-21-33)34-22-11-4-12-23-34;46-48(31-16-5-1-6-17-31,32-18-7-2-8-19-32)35-28-29-39-38(30-35)36-24-13-14-25-37(36)43-44-42-40(45(39)43)26-15-27-41(42)49(47,33-20-9-3-10-21-33)34-22-11-4-12-23-34/h3*1-30H. The summed E-state index contributed by atoms with van der Waals surface area (Å²) in [5.74, 6) is 0. The van der Waals surface area contributed by atoms with E-state index in [9.17, 15) is 0 Å². The third-order valence-corrected chi connectivity index (χ3v) is 47.0. The Kier molecular flexibility index (Phi) is 23.4. The Hall–Kier alpha value is -16.6. The summed E-state index contributed by atoms with van der Waals surface area (Å²) in [6.45, 7) is 0. The van der Waals surface area contributed by atoms with E-state index in [1.54, 1.807) is 0 Å². The molecule has 6 heterocycles. The summed E-state index contributed by atoms with van der Waals surface area (Å²) in [4.78, 5) is 16.0. The fourth-order valence-corrected chi connectivity index (χ4v) is 38.4. The first-order valence-electron chi connectivity index (χ1n) is 48.8. The van der Waals surface area contributed by atoms with Crippen molar-refractivity contribution in [3.05, 3.63) is 546 Å². The number of para-hydroxylation sites is 4. The highest BCUT2D eigenvalue weighted by Gasteiger charge is 2.41. The van der Waals surface area contributed by atoms with E-state index in [1.807, 2.05) is 473 Å². The summed E-state index contributed by atoms with van der Waals surface area (Å²) in [6.07, 6.45) is 0. The van der Waals surface area contributed by atoms with Crippen molar-refractivity contribution < 1.29 is 27.4 Å². The van der Waals surface area contributed by atoms with Crippen molar-refractivity contribution in [1.29, 1.82) is 0 Å². The van der Waals surface area contributed by atoms with Crippen LogP contribution in [0.3, 0.4) is 0 Å². The average Bonchev–Trinajstić information content (AvgIpc) is 1.56. The largest absolute Gasteiger partial charge is 0.309 e. The Morgan fingerprint density at radius 3 is 0.667 bits per heavy atom. The molecule has 0 saturated carbocycles. The first-order chi connectivity index (χ1) is 72.3. The molecular weight excluding hydrogens is 1920 g/mol. The maximum Gasteiger partial charge on any atom is 0.173 e. The van der Waals surface area contributed by atoms with E-state index in [1.165, 1.54) is 0 Å². The summed E-state index contributed by atoms with van der Waals surface area (Å²) in [6, 6.07) is 178. The van der Waals surface area contributed by atoms with E-state index in [2.05, 4.69) is 86.0 Å². The lowest BCUT2D eigenvalue weighted by Crippen LogP contribution is -2.26. The fourth-order valence-electron chi connectivity index (χ4n) is 21.8. The van der Waals surface area contributed by atoms with Crippen molar-refractivity contribution in [3.63, 3.8) is 0 Å². The van der Waals surface area contributed by atoms with Gasteiger partial charge in [0.1, 0.15) is 33.5 Å². The third kappa shape index (κ3) is 15.0. The Morgan fingerprint density at radius 2 is 0.354 bits per heavy atom. The Labute approximate surface area is 848 Å². The second-order valence-electron chi connectivity index (χ2n) is 36.6. The van der Waals surface area contributed by atoms with Crippen LogP contribution in [0.2, 0.25) is 0 Å². The van der Waals surface area contributed by atoms with Crippen LogP contribution in [0.25, 0.3) is 115 Å². The number of hydrogen-bond acceptors (Lipinski definition) is 9. The molecule has 0 aliphatic rings. The van der Waals surface area contributed by atoms with E-state index in [0.717, 1.165) is 178 Å². The van der Waals surface area contributed by atoms with Crippen molar-refractivity contribution in [2.45, 2.75) is 0 Å². The summed E-state index contributed by atoms with van der Waals surface area (Å²) in [7, 11) is -19.9. The number of rotatable bonds is 18. The van der Waals surface area contributed by atoms with E-state index < -0.39 is 42.9 Å². The molecule has 6 aromatic heterocycles. The molecule has 0 bridgehead atoms. The highest BCUT2D eigenvalue weighted by molar-refractivity contribution is 7.88. The first-order valence-corrected chi connectivity index (χ1v) is 59.1. The second-order valence-corrected chi connectivity index (χ2v) is 53.1. The average molecular weight is 2010 g/mol. The molecule has 0 unspecified atom stereocenters. The van der Waals surface area contributed by atoms with Crippen LogP contribution >= 0.6 is 42.9 Å². The molecule has 27 rings (SSSR count). The van der Waals surface area contributed by atoms with Gasteiger partial charge in [-0.25, -0.2) is 15.0 Å². The van der Waals surface area contributed by atoms with Gasteiger partial charge in [-0.05, 0) is 82.9 Å². The molecule has 0 aliphatic heterocycles. The highest BCUT2D eigenvalue weighted by Crippen LogP contribution is 2.53. The van der Waals surface area contributed by atoms with E-state index in [0.29, 0.717) is 32.5 Å². The van der Waals surface area contributed by atoms with Crippen LogP contribution < -0.4 is 95.5 Å². The smallest absolute Gasteiger partial charge is 0.173 e. The minimum absolute atomic E-state index is 0.667. The first kappa shape index (κ1) is 91.6. The second kappa shape index (κ2) is 37.5. The van der Waals surface area contributed by atoms with Gasteiger partial charge in [-0.15, -0.1) is 0 Å². The predicted octanol–water partition coefficient (Wildman–Crippen LogP) is 24.2. The molecule has 27 aromatic rings. The van der Waals surface area contributed by atoms with Gasteiger partial charge in [0.05, 0.1) is 33.1 Å². The van der Waals surface area contributed by atoms with Crippen LogP contribution in [0, 0.1) is 0 Å². The lowest BCUT2D eigenvalue weighted by atomic mass is 10.1. The van der Waals surface area contributed by atoms with Crippen molar-refractivity contribution >= 4 is 253 Å². The fraction of sp³-hybridized carbons (Fsp3) is 0. The number of aromatic nitrogens is 6. The molecule has 21 aromatic carbocycles. The molecule has 0 saturated heterocycles. The van der Waals surface area contributed by atoms with Crippen molar-refractivity contribution in [1.82, 2.24) is 28.2 Å². The molecule has 0 N–H and O–H groups in total. The van der Waals surface area contributed by atoms with E-state index >= 15 is 27.4 Å². The molecule has 0 fully saturated rings. The predicted molar refractivity (Wildman–Crippen MR) is 619 cm³/mol. The summed E-state index contributed by atoms with van der Waals surface area (Å²) in [5, 5.41) is 22.5. The van der Waals surface area contributed by atoms with Gasteiger partial charge >= 0.3 is 0 Å². The normalized spacial score (nSPS) is 12.2. The monoisotopic (exact) mass is 2000 g/mol. The molecule has 18 heteroatoms. The zero-order valence-corrected chi connectivity index (χ0v) is 84.6. The number of benzene rings is 21. The molecule has 0 amide bonds. The van der Waals surface area contributed by atoms with Crippen LogP contribution in [0.4, 0.5) is 0 Å². The van der Waals surface area contributed by atoms with Gasteiger partial charge in [0.15, 0.2) is 42.9 Å². The van der Waals surface area contributed by atoms with Gasteiger partial charge in [-0.1, -0.05) is 479 Å². The molecule has 0 aliphatic carbocycles. The summed E-state index contributed by atoms with van der Waals surface area (Å²) in [5.41, 5.74) is 9.57. The van der Waals surface area contributed by atoms with Crippen molar-refractivity contribution in [3.8, 4) is 0 Å². The molecule has 0 spiro atoms. The van der Waals surface area contributed by atoms with Crippen LogP contribution in [-0.2, 0) is 27.4 Å². The number of hydrogen-bond donors (Lipinski definition) is 0. The Morgan fingerprint density at radius 1 is 0.136 bits per heavy atom. The number of imidazole rings is 3. The zero-order valence-electron chi connectivity index (χ0n) is 79.3. The number of nitrogens with zero attached hydrogens (tertiary/aromatic N) is 6. The van der Waals surface area contributed by atoms with Gasteiger partial charge in [-0.3, -0.25) is 13.2 Å². The van der Waals surface area contributed by atoms with Gasteiger partial charge < -0.3 is 27.4 Å². The van der Waals surface area contributed by atoms with Crippen LogP contribution in [0.5, 0.6) is 0 Å². The highest BCUT2D eigenvalue weighted by atomic mass is 31.2. The van der Waals surface area contributed by atoms with Gasteiger partial charge in [0, 0.05) is 128 Å². The number of fused-ring (bicyclic) bond motifs is 24. The topological polar surface area (TPSA) is 154 Å². The quantitative estimate of drug-likeness (QED) is 0.0603. The van der Waals surface area contributed by atoms with Crippen LogP contribution in [0.1, 0.15) is 0 Å². The molecule has 702 valence electrons. The molecule has 0 atom stereocenters. The maximum absolute atomic E-state index is 16.0. The molecule has 12 nitrogen and oxygen atoms in total. The Bertz CT molecular complexity index is 9830. The van der Waals surface area contributed by atoms with Crippen LogP contribution in [0.15, 0.2) is 546 Å². The summed E-state index contributed by atoms with van der Waals surface area (Å²) < 4.78 is 100. The van der Waals surface area contributed by atoms with E-state index in [4.69, 9.17) is 15.0 Å². The number of pyridine rings is 3. The van der Waals surface area contributed by atoms with Crippen LogP contribution in [-0.4, -0.2) is 28.2 Å². The lowest BCUT2D eigenvalue weighted by Gasteiger charge is -2.23. The lowest BCUT2D eigenvalue weighted by molar-refractivity contribution is 0.591. The zero-order chi connectivity index (χ0) is 99.0. The van der Waals surface area contributed by atoms with E-state index in [-0.39, 0.29) is 0 Å². The molecular formula is C129H90N6O6P6. The van der Waals surface area contributed by atoms with Gasteiger partial charge in [0.25, 0.3) is 0 Å². The van der Waals surface area contributed by atoms with Gasteiger partial charge in [0.2, 0.25) is 0 Å². The van der Waals surface area contributed by atoms with Crippen molar-refractivity contribution in [2.75, 3.05) is 0 Å².